The number of nitrogens with one attached hydrogen (secondary N) is 3. The normalized spacial score (nSPS) is 12.9. The van der Waals surface area contributed by atoms with E-state index in [1.165, 1.54) is 24.0 Å². The van der Waals surface area contributed by atoms with E-state index in [1.54, 1.807) is 0 Å². The minimum atomic E-state index is 0.0731. The molecule has 0 saturated carbocycles. The molecule has 3 N–H and O–H groups in total. The number of benzene rings is 4. The third-order valence-electron chi connectivity index (χ3n) is 11.1. The quantitative estimate of drug-likeness (QED) is 0.0827. The van der Waals surface area contributed by atoms with Crippen LogP contribution in [0.2, 0.25) is 0 Å². The molecule has 2 atom stereocenters. The summed E-state index contributed by atoms with van der Waals surface area (Å²) in [5, 5.41) is 10.3. The molecule has 4 aromatic carbocycles. The first-order valence-electron chi connectivity index (χ1n) is 20.2. The maximum atomic E-state index is 6.15. The van der Waals surface area contributed by atoms with Crippen molar-refractivity contribution < 1.29 is 8.83 Å². The Hall–Kier alpha value is -5.77. The topological polar surface area (TPSA) is 127 Å². The number of anilines is 5. The minimum absolute atomic E-state index is 0.0731. The van der Waals surface area contributed by atoms with Gasteiger partial charge in [-0.05, 0) is 120 Å². The van der Waals surface area contributed by atoms with Crippen molar-refractivity contribution >= 4 is 51.4 Å². The van der Waals surface area contributed by atoms with E-state index in [2.05, 4.69) is 88.7 Å². The van der Waals surface area contributed by atoms with E-state index in [9.17, 15) is 0 Å². The summed E-state index contributed by atoms with van der Waals surface area (Å²) in [5.74, 6) is 3.53. The molecule has 2 unspecified atom stereocenters. The van der Waals surface area contributed by atoms with Crippen molar-refractivity contribution in [3.05, 3.63) is 96.1 Å². The lowest BCUT2D eigenvalue weighted by Crippen LogP contribution is -2.16. The minimum Gasteiger partial charge on any atom is -0.436 e. The van der Waals surface area contributed by atoms with Gasteiger partial charge in [0.1, 0.15) is 11.0 Å². The summed E-state index contributed by atoms with van der Waals surface area (Å²) in [6.07, 6.45) is 6.75. The van der Waals surface area contributed by atoms with Crippen LogP contribution in [0.15, 0.2) is 93.8 Å². The van der Waals surface area contributed by atoms with Crippen LogP contribution in [0.25, 0.3) is 45.1 Å². The van der Waals surface area contributed by atoms with E-state index in [-0.39, 0.29) is 5.41 Å². The van der Waals surface area contributed by atoms with E-state index in [0.29, 0.717) is 41.5 Å². The molecule has 290 valence electrons. The van der Waals surface area contributed by atoms with Gasteiger partial charge < -0.3 is 24.8 Å². The largest absolute Gasteiger partial charge is 0.436 e. The van der Waals surface area contributed by atoms with Crippen molar-refractivity contribution in [1.29, 1.82) is 0 Å². The van der Waals surface area contributed by atoms with Crippen LogP contribution in [0.5, 0.6) is 0 Å². The van der Waals surface area contributed by atoms with E-state index in [4.69, 9.17) is 33.8 Å². The van der Waals surface area contributed by atoms with Gasteiger partial charge in [0, 0.05) is 29.0 Å². The highest BCUT2D eigenvalue weighted by Gasteiger charge is 2.20. The predicted octanol–water partition coefficient (Wildman–Crippen LogP) is 12.8. The second-order valence-corrected chi connectivity index (χ2v) is 15.5. The third kappa shape index (κ3) is 8.85. The maximum absolute atomic E-state index is 6.15. The number of aromatic nitrogens is 5. The van der Waals surface area contributed by atoms with Gasteiger partial charge in [-0.25, -0.2) is 9.97 Å². The van der Waals surface area contributed by atoms with Crippen LogP contribution < -0.4 is 16.0 Å². The van der Waals surface area contributed by atoms with E-state index >= 15 is 0 Å². The van der Waals surface area contributed by atoms with Crippen molar-refractivity contribution in [3.63, 3.8) is 0 Å². The van der Waals surface area contributed by atoms with E-state index < -0.39 is 0 Å². The summed E-state index contributed by atoms with van der Waals surface area (Å²) in [6, 6.07) is 28.5. The lowest BCUT2D eigenvalue weighted by molar-refractivity contribution is 0.472. The molecule has 10 heteroatoms. The second kappa shape index (κ2) is 16.9. The average Bonchev–Trinajstić information content (AvgIpc) is 3.85. The monoisotopic (exact) mass is 750 g/mol. The molecule has 3 aromatic heterocycles. The fourth-order valence-electron chi connectivity index (χ4n) is 6.68. The second-order valence-electron chi connectivity index (χ2n) is 15.5. The molecule has 0 saturated heterocycles. The van der Waals surface area contributed by atoms with Crippen molar-refractivity contribution in [1.82, 2.24) is 24.9 Å². The summed E-state index contributed by atoms with van der Waals surface area (Å²) >= 11 is 0. The van der Waals surface area contributed by atoms with Gasteiger partial charge in [0.2, 0.25) is 29.6 Å². The highest BCUT2D eigenvalue weighted by Crippen LogP contribution is 2.33. The van der Waals surface area contributed by atoms with Crippen molar-refractivity contribution in [3.8, 4) is 22.9 Å². The number of unbranched alkanes of at least 4 members (excludes halogenated alkanes) is 1. The predicted molar refractivity (Wildman–Crippen MR) is 229 cm³/mol. The number of hydrogen-bond acceptors (Lipinski definition) is 10. The Morgan fingerprint density at radius 3 is 1.71 bits per heavy atom. The van der Waals surface area contributed by atoms with Crippen LogP contribution in [0.4, 0.5) is 29.2 Å². The summed E-state index contributed by atoms with van der Waals surface area (Å²) in [7, 11) is 0. The molecule has 0 fully saturated rings. The first kappa shape index (κ1) is 38.5. The first-order chi connectivity index (χ1) is 27.1. The molecule has 0 bridgehead atoms. The van der Waals surface area contributed by atoms with E-state index in [1.807, 2.05) is 60.7 Å². The Bertz CT molecular complexity index is 2380. The van der Waals surface area contributed by atoms with Crippen LogP contribution >= 0.6 is 0 Å². The van der Waals surface area contributed by atoms with Crippen molar-refractivity contribution in [2.45, 2.75) is 98.3 Å². The van der Waals surface area contributed by atoms with Gasteiger partial charge in [0.05, 0.1) is 0 Å². The van der Waals surface area contributed by atoms with Crippen molar-refractivity contribution in [2.24, 2.45) is 5.92 Å². The summed E-state index contributed by atoms with van der Waals surface area (Å²) in [4.78, 5) is 23.9. The molecular formula is C46H54N8O2. The number of hydrogen-bond donors (Lipinski definition) is 3. The lowest BCUT2D eigenvalue weighted by Gasteiger charge is -2.22. The maximum Gasteiger partial charge on any atom is 0.233 e. The smallest absolute Gasteiger partial charge is 0.233 e. The molecule has 56 heavy (non-hydrogen) atoms. The van der Waals surface area contributed by atoms with Gasteiger partial charge in [-0.15, -0.1) is 0 Å². The Morgan fingerprint density at radius 2 is 1.18 bits per heavy atom. The molecule has 0 spiro atoms. The highest BCUT2D eigenvalue weighted by molar-refractivity contribution is 5.79. The fourth-order valence-corrected chi connectivity index (χ4v) is 6.68. The molecule has 7 rings (SSSR count). The summed E-state index contributed by atoms with van der Waals surface area (Å²) < 4.78 is 12.3. The molecule has 0 aliphatic heterocycles. The van der Waals surface area contributed by atoms with Gasteiger partial charge >= 0.3 is 0 Å². The van der Waals surface area contributed by atoms with Crippen molar-refractivity contribution in [2.75, 3.05) is 22.5 Å². The molecule has 0 aliphatic rings. The fraction of sp³-hybridized carbons (Fsp3) is 0.370. The van der Waals surface area contributed by atoms with Crippen LogP contribution in [-0.4, -0.2) is 31.5 Å². The highest BCUT2D eigenvalue weighted by atomic mass is 16.4. The molecule has 7 aromatic rings. The molecule has 0 amide bonds. The SMILES string of the molecule is CCCCC(CC)CNc1nc(Nc2ccc(-c3nc4cc(C(C)CC)ccc4o3)cc2)nc(Nc2ccc(-c3nc4cc(C(C)(C)CC)ccc4o3)cc2)n1. The van der Waals surface area contributed by atoms with Gasteiger partial charge in [-0.2, -0.15) is 15.0 Å². The molecular weight excluding hydrogens is 697 g/mol. The van der Waals surface area contributed by atoms with E-state index in [0.717, 1.165) is 76.9 Å². The van der Waals surface area contributed by atoms with Crippen LogP contribution in [-0.2, 0) is 5.41 Å². The Balaban J connectivity index is 1.09. The first-order valence-corrected chi connectivity index (χ1v) is 20.2. The van der Waals surface area contributed by atoms with Gasteiger partial charge in [-0.1, -0.05) is 79.9 Å². The van der Waals surface area contributed by atoms with Crippen LogP contribution in [0, 0.1) is 5.92 Å². The number of rotatable bonds is 17. The molecule has 0 radical (unpaired) electrons. The number of oxazole rings is 2. The Morgan fingerprint density at radius 1 is 0.625 bits per heavy atom. The standard InChI is InChI=1S/C46H54N8O2/c1-8-12-13-30(10-3)28-47-43-52-44(48-35-20-14-31(15-21-35)41-50-37-26-33(29(5)9-2)18-24-39(37)55-41)54-45(53-43)49-36-22-16-32(17-23-36)42-51-38-27-34(46(6,7)11-4)19-25-40(38)56-42/h14-27,29-30H,8-13,28H2,1-7H3,(H3,47,48,49,52,53,54). The Kier molecular flexibility index (Phi) is 11.6. The average molecular weight is 751 g/mol. The molecule has 10 nitrogen and oxygen atoms in total. The van der Waals surface area contributed by atoms with Gasteiger partial charge in [-0.3, -0.25) is 0 Å². The zero-order valence-corrected chi connectivity index (χ0v) is 33.7. The molecule has 3 heterocycles. The van der Waals surface area contributed by atoms with Gasteiger partial charge in [0.15, 0.2) is 11.2 Å². The zero-order chi connectivity index (χ0) is 39.2. The summed E-state index contributed by atoms with van der Waals surface area (Å²) in [5.41, 5.74) is 9.33. The Labute approximate surface area is 330 Å². The van der Waals surface area contributed by atoms with Gasteiger partial charge in [0.25, 0.3) is 0 Å². The number of fused-ring (bicyclic) bond motifs is 2. The third-order valence-corrected chi connectivity index (χ3v) is 11.1. The van der Waals surface area contributed by atoms with Crippen LogP contribution in [0.1, 0.15) is 104 Å². The molecule has 0 aliphatic carbocycles. The number of nitrogens with zero attached hydrogens (tertiary/aromatic N) is 5. The lowest BCUT2D eigenvalue weighted by atomic mass is 9.82. The van der Waals surface area contributed by atoms with Crippen LogP contribution in [0.3, 0.4) is 0 Å². The zero-order valence-electron chi connectivity index (χ0n) is 33.7. The summed E-state index contributed by atoms with van der Waals surface area (Å²) in [6.45, 7) is 16.4.